The van der Waals surface area contributed by atoms with Gasteiger partial charge in [-0.3, -0.25) is 0 Å². The van der Waals surface area contributed by atoms with Gasteiger partial charge >= 0.3 is 5.97 Å². The van der Waals surface area contributed by atoms with Gasteiger partial charge in [0.05, 0.1) is 5.57 Å². The minimum atomic E-state index is -0.741. The van der Waals surface area contributed by atoms with Crippen molar-refractivity contribution in [3.05, 3.63) is 47.2 Å². The minimum Gasteiger partial charge on any atom is -0.507 e. The van der Waals surface area contributed by atoms with Gasteiger partial charge in [-0.2, -0.15) is 0 Å². The Labute approximate surface area is 143 Å². The summed E-state index contributed by atoms with van der Waals surface area (Å²) < 4.78 is 5.87. The summed E-state index contributed by atoms with van der Waals surface area (Å²) in [6.07, 6.45) is 9.37. The van der Waals surface area contributed by atoms with E-state index in [1.54, 1.807) is 0 Å². The molecule has 1 aromatic rings. The molecule has 2 saturated carbocycles. The minimum absolute atomic E-state index is 0.0106. The van der Waals surface area contributed by atoms with Gasteiger partial charge in [-0.1, -0.05) is 49.6 Å². The molecule has 3 heteroatoms. The number of hydrogen-bond acceptors (Lipinski definition) is 3. The van der Waals surface area contributed by atoms with Crippen molar-refractivity contribution >= 4 is 5.97 Å². The highest BCUT2D eigenvalue weighted by atomic mass is 16.6. The molecular formula is C21H26O3. The maximum Gasteiger partial charge on any atom is 0.339 e. The Morgan fingerprint density at radius 2 is 1.62 bits per heavy atom. The smallest absolute Gasteiger partial charge is 0.339 e. The molecule has 4 rings (SSSR count). The van der Waals surface area contributed by atoms with Gasteiger partial charge < -0.3 is 9.84 Å². The van der Waals surface area contributed by atoms with Crippen LogP contribution in [0.2, 0.25) is 0 Å². The summed E-state index contributed by atoms with van der Waals surface area (Å²) in [6.45, 7) is 0. The van der Waals surface area contributed by atoms with E-state index in [0.29, 0.717) is 11.5 Å². The third-order valence-corrected chi connectivity index (χ3v) is 5.92. The molecule has 1 aromatic carbocycles. The van der Waals surface area contributed by atoms with Crippen LogP contribution in [-0.2, 0) is 9.53 Å². The number of carbonyl (C=O) groups excluding carboxylic acids is 1. The Morgan fingerprint density at radius 3 is 2.25 bits per heavy atom. The number of hydrogen-bond donors (Lipinski definition) is 1. The van der Waals surface area contributed by atoms with Gasteiger partial charge in [-0.05, 0) is 50.0 Å². The van der Waals surface area contributed by atoms with Crippen LogP contribution in [0, 0.1) is 5.92 Å². The second kappa shape index (κ2) is 6.27. The molecule has 3 aliphatic rings. The average molecular weight is 326 g/mol. The number of benzene rings is 1. The Balaban J connectivity index is 1.72. The monoisotopic (exact) mass is 326 g/mol. The number of aliphatic hydroxyl groups is 1. The molecule has 1 heterocycles. The molecule has 0 bridgehead atoms. The number of ether oxygens (including phenoxy) is 1. The van der Waals surface area contributed by atoms with Gasteiger partial charge in [-0.25, -0.2) is 4.79 Å². The molecule has 128 valence electrons. The van der Waals surface area contributed by atoms with Gasteiger partial charge in [0, 0.05) is 5.92 Å². The van der Waals surface area contributed by atoms with E-state index in [1.807, 2.05) is 18.2 Å². The summed E-state index contributed by atoms with van der Waals surface area (Å²) in [5, 5.41) is 11.1. The van der Waals surface area contributed by atoms with E-state index < -0.39 is 5.60 Å². The largest absolute Gasteiger partial charge is 0.507 e. The highest BCUT2D eigenvalue weighted by Crippen LogP contribution is 2.52. The van der Waals surface area contributed by atoms with Crippen molar-refractivity contribution in [2.24, 2.45) is 5.92 Å². The molecule has 24 heavy (non-hydrogen) atoms. The highest BCUT2D eigenvalue weighted by molar-refractivity contribution is 5.94. The highest BCUT2D eigenvalue weighted by Gasteiger charge is 2.52. The Bertz CT molecular complexity index is 634. The van der Waals surface area contributed by atoms with Crippen molar-refractivity contribution in [3.8, 4) is 0 Å². The van der Waals surface area contributed by atoms with Crippen LogP contribution in [-0.4, -0.2) is 16.7 Å². The van der Waals surface area contributed by atoms with Crippen molar-refractivity contribution in [3.63, 3.8) is 0 Å². The van der Waals surface area contributed by atoms with Crippen molar-refractivity contribution in [2.75, 3.05) is 0 Å². The molecule has 3 nitrogen and oxygen atoms in total. The molecule has 1 atom stereocenters. The molecular weight excluding hydrogens is 300 g/mol. The lowest BCUT2D eigenvalue weighted by Crippen LogP contribution is -2.33. The molecule has 0 amide bonds. The molecule has 0 saturated heterocycles. The van der Waals surface area contributed by atoms with Crippen molar-refractivity contribution < 1.29 is 14.6 Å². The second-order valence-electron chi connectivity index (χ2n) is 7.64. The van der Waals surface area contributed by atoms with Crippen LogP contribution in [0.5, 0.6) is 0 Å². The third-order valence-electron chi connectivity index (χ3n) is 5.92. The quantitative estimate of drug-likeness (QED) is 0.792. The molecule has 0 aromatic heterocycles. The van der Waals surface area contributed by atoms with E-state index in [4.69, 9.17) is 4.74 Å². The molecule has 1 spiro atoms. The molecule has 1 aliphatic heterocycles. The van der Waals surface area contributed by atoms with Crippen LogP contribution < -0.4 is 0 Å². The standard InChI is InChI=1S/C21H26O3/c22-19-18(17(16-11-12-16)15-9-5-4-6-10-15)20(23)24-21(19)13-7-2-1-3-8-14-21/h4-6,9-10,16-17,22H,1-3,7-8,11-14H2. The summed E-state index contributed by atoms with van der Waals surface area (Å²) in [7, 11) is 0. The van der Waals surface area contributed by atoms with Gasteiger partial charge in [0.2, 0.25) is 0 Å². The van der Waals surface area contributed by atoms with E-state index in [-0.39, 0.29) is 17.6 Å². The second-order valence-corrected chi connectivity index (χ2v) is 7.64. The van der Waals surface area contributed by atoms with E-state index in [2.05, 4.69) is 12.1 Å². The van der Waals surface area contributed by atoms with E-state index in [9.17, 15) is 9.90 Å². The molecule has 0 radical (unpaired) electrons. The molecule has 1 N–H and O–H groups in total. The zero-order chi connectivity index (χ0) is 16.6. The van der Waals surface area contributed by atoms with Crippen LogP contribution in [0.15, 0.2) is 41.7 Å². The maximum absolute atomic E-state index is 12.8. The first kappa shape index (κ1) is 15.7. The first-order chi connectivity index (χ1) is 11.7. The van der Waals surface area contributed by atoms with E-state index >= 15 is 0 Å². The average Bonchev–Trinajstić information content (AvgIpc) is 3.36. The lowest BCUT2D eigenvalue weighted by atomic mass is 9.81. The first-order valence-electron chi connectivity index (χ1n) is 9.43. The van der Waals surface area contributed by atoms with Crippen LogP contribution in [0.4, 0.5) is 0 Å². The number of rotatable bonds is 3. The zero-order valence-corrected chi connectivity index (χ0v) is 14.2. The van der Waals surface area contributed by atoms with Crippen LogP contribution in [0.1, 0.15) is 69.3 Å². The maximum atomic E-state index is 12.8. The summed E-state index contributed by atoms with van der Waals surface area (Å²) in [5.74, 6) is 0.410. The molecule has 2 aliphatic carbocycles. The van der Waals surface area contributed by atoms with Crippen molar-refractivity contribution in [1.29, 1.82) is 0 Å². The van der Waals surface area contributed by atoms with Gasteiger partial charge in [0.15, 0.2) is 5.60 Å². The van der Waals surface area contributed by atoms with Gasteiger partial charge in [0.1, 0.15) is 5.76 Å². The fourth-order valence-corrected chi connectivity index (χ4v) is 4.48. The SMILES string of the molecule is O=C1OC2(CCCCCCC2)C(O)=C1C(c1ccccc1)C1CC1. The topological polar surface area (TPSA) is 46.5 Å². The predicted molar refractivity (Wildman–Crippen MR) is 92.7 cm³/mol. The third kappa shape index (κ3) is 2.74. The van der Waals surface area contributed by atoms with Crippen LogP contribution in [0.3, 0.4) is 0 Å². The number of esters is 1. The van der Waals surface area contributed by atoms with E-state index in [0.717, 1.165) is 56.9 Å². The van der Waals surface area contributed by atoms with Crippen molar-refractivity contribution in [1.82, 2.24) is 0 Å². The zero-order valence-electron chi connectivity index (χ0n) is 14.2. The van der Waals surface area contributed by atoms with E-state index in [1.165, 1.54) is 6.42 Å². The Kier molecular flexibility index (Phi) is 4.11. The summed E-state index contributed by atoms with van der Waals surface area (Å²) in [5.41, 5.74) is 0.931. The predicted octanol–water partition coefficient (Wildman–Crippen LogP) is 5.03. The van der Waals surface area contributed by atoms with Gasteiger partial charge in [0.25, 0.3) is 0 Å². The Morgan fingerprint density at radius 1 is 1.00 bits per heavy atom. The van der Waals surface area contributed by atoms with Gasteiger partial charge in [-0.15, -0.1) is 0 Å². The van der Waals surface area contributed by atoms with Crippen molar-refractivity contribution in [2.45, 2.75) is 69.3 Å². The number of aliphatic hydroxyl groups excluding tert-OH is 1. The first-order valence-corrected chi connectivity index (χ1v) is 9.43. The summed E-state index contributed by atoms with van der Waals surface area (Å²) in [6, 6.07) is 10.1. The molecule has 2 fully saturated rings. The lowest BCUT2D eigenvalue weighted by Gasteiger charge is -2.30. The lowest BCUT2D eigenvalue weighted by molar-refractivity contribution is -0.150. The van der Waals surface area contributed by atoms with Crippen LogP contribution in [0.25, 0.3) is 0 Å². The fraction of sp³-hybridized carbons (Fsp3) is 0.571. The molecule has 1 unspecified atom stereocenters. The fourth-order valence-electron chi connectivity index (χ4n) is 4.48. The normalized spacial score (nSPS) is 25.2. The number of carbonyl (C=O) groups is 1. The summed E-state index contributed by atoms with van der Waals surface area (Å²) >= 11 is 0. The van der Waals surface area contributed by atoms with Crippen LogP contribution >= 0.6 is 0 Å². The summed E-state index contributed by atoms with van der Waals surface area (Å²) in [4.78, 5) is 12.8. The Hall–Kier alpha value is -1.77.